The molecule has 0 fully saturated rings. The standard InChI is InChI=1S/C13H16O4/c1-13(2,12(15)17-4)11(14)9-7-5-6-8-10(9)16-3/h5-8H,1-4H3. The Bertz CT molecular complexity index is 435. The SMILES string of the molecule is COC(=O)C(C)(C)C(=O)c1ccccc1OC. The quantitative estimate of drug-likeness (QED) is 0.456. The van der Waals surface area contributed by atoms with Crippen molar-refractivity contribution >= 4 is 11.8 Å². The monoisotopic (exact) mass is 236 g/mol. The number of benzene rings is 1. The fourth-order valence-corrected chi connectivity index (χ4v) is 1.52. The highest BCUT2D eigenvalue weighted by Gasteiger charge is 2.38. The number of rotatable bonds is 4. The van der Waals surface area contributed by atoms with Crippen molar-refractivity contribution < 1.29 is 19.1 Å². The number of ketones is 1. The van der Waals surface area contributed by atoms with Crippen molar-refractivity contribution in [1.29, 1.82) is 0 Å². The van der Waals surface area contributed by atoms with Gasteiger partial charge in [0.1, 0.15) is 11.2 Å². The molecule has 0 amide bonds. The Morgan fingerprint density at radius 3 is 2.24 bits per heavy atom. The maximum absolute atomic E-state index is 12.3. The second kappa shape index (κ2) is 4.99. The topological polar surface area (TPSA) is 52.6 Å². The van der Waals surface area contributed by atoms with Crippen LogP contribution in [0.5, 0.6) is 5.75 Å². The summed E-state index contributed by atoms with van der Waals surface area (Å²) in [4.78, 5) is 23.8. The van der Waals surface area contributed by atoms with Crippen molar-refractivity contribution in [2.45, 2.75) is 13.8 Å². The summed E-state index contributed by atoms with van der Waals surface area (Å²) in [7, 11) is 2.75. The van der Waals surface area contributed by atoms with Crippen LogP contribution < -0.4 is 4.74 Å². The van der Waals surface area contributed by atoms with Gasteiger partial charge in [0.25, 0.3) is 0 Å². The zero-order valence-electron chi connectivity index (χ0n) is 10.4. The molecule has 0 aliphatic carbocycles. The molecule has 4 nitrogen and oxygen atoms in total. The molecule has 0 heterocycles. The maximum Gasteiger partial charge on any atom is 0.319 e. The van der Waals surface area contributed by atoms with Gasteiger partial charge in [0.2, 0.25) is 0 Å². The van der Waals surface area contributed by atoms with Crippen LogP contribution in [0.25, 0.3) is 0 Å². The molecule has 1 rings (SSSR count). The smallest absolute Gasteiger partial charge is 0.319 e. The van der Waals surface area contributed by atoms with Crippen LogP contribution in [0, 0.1) is 5.41 Å². The molecule has 0 saturated heterocycles. The highest BCUT2D eigenvalue weighted by atomic mass is 16.5. The Kier molecular flexibility index (Phi) is 3.89. The third-order valence-electron chi connectivity index (χ3n) is 2.61. The van der Waals surface area contributed by atoms with Crippen LogP contribution >= 0.6 is 0 Å². The summed E-state index contributed by atoms with van der Waals surface area (Å²) in [6.07, 6.45) is 0. The van der Waals surface area contributed by atoms with Crippen molar-refractivity contribution in [1.82, 2.24) is 0 Å². The van der Waals surface area contributed by atoms with E-state index >= 15 is 0 Å². The first-order valence-corrected chi connectivity index (χ1v) is 5.21. The van der Waals surface area contributed by atoms with Crippen LogP contribution in [0.1, 0.15) is 24.2 Å². The van der Waals surface area contributed by atoms with Crippen LogP contribution in [0.2, 0.25) is 0 Å². The Balaban J connectivity index is 3.16. The van der Waals surface area contributed by atoms with Gasteiger partial charge in [-0.1, -0.05) is 12.1 Å². The van der Waals surface area contributed by atoms with Crippen LogP contribution in [0.15, 0.2) is 24.3 Å². The highest BCUT2D eigenvalue weighted by molar-refractivity contribution is 6.13. The number of hydrogen-bond donors (Lipinski definition) is 0. The van der Waals surface area contributed by atoms with Crippen molar-refractivity contribution in [2.75, 3.05) is 14.2 Å². The third kappa shape index (κ3) is 2.46. The van der Waals surface area contributed by atoms with Gasteiger partial charge in [0, 0.05) is 0 Å². The number of carbonyl (C=O) groups is 2. The summed E-state index contributed by atoms with van der Waals surface area (Å²) >= 11 is 0. The Morgan fingerprint density at radius 2 is 1.71 bits per heavy atom. The van der Waals surface area contributed by atoms with Gasteiger partial charge >= 0.3 is 5.97 Å². The van der Waals surface area contributed by atoms with Gasteiger partial charge in [-0.2, -0.15) is 0 Å². The Hall–Kier alpha value is -1.84. The lowest BCUT2D eigenvalue weighted by Gasteiger charge is -2.20. The summed E-state index contributed by atoms with van der Waals surface area (Å²) < 4.78 is 9.73. The lowest BCUT2D eigenvalue weighted by atomic mass is 9.84. The first-order valence-electron chi connectivity index (χ1n) is 5.21. The van der Waals surface area contributed by atoms with Gasteiger partial charge in [0.05, 0.1) is 19.8 Å². The molecule has 0 aliphatic rings. The molecule has 0 unspecified atom stereocenters. The molecule has 0 atom stereocenters. The molecule has 0 bridgehead atoms. The van der Waals surface area contributed by atoms with Crippen LogP contribution in [0.3, 0.4) is 0 Å². The van der Waals surface area contributed by atoms with E-state index < -0.39 is 11.4 Å². The molecule has 0 radical (unpaired) electrons. The molecule has 92 valence electrons. The lowest BCUT2D eigenvalue weighted by molar-refractivity contribution is -0.147. The van der Waals surface area contributed by atoms with Gasteiger partial charge in [-0.25, -0.2) is 0 Å². The number of para-hydroxylation sites is 1. The summed E-state index contributed by atoms with van der Waals surface area (Å²) in [6.45, 7) is 3.07. The van der Waals surface area contributed by atoms with Crippen LogP contribution in [-0.4, -0.2) is 26.0 Å². The van der Waals surface area contributed by atoms with E-state index in [9.17, 15) is 9.59 Å². The molecule has 4 heteroatoms. The van der Waals surface area contributed by atoms with Crippen molar-refractivity contribution in [3.8, 4) is 5.75 Å². The first-order chi connectivity index (χ1) is 7.95. The molecular weight excluding hydrogens is 220 g/mol. The molecule has 1 aromatic rings. The van der Waals surface area contributed by atoms with Gasteiger partial charge in [-0.3, -0.25) is 9.59 Å². The first kappa shape index (κ1) is 13.2. The van der Waals surface area contributed by atoms with Gasteiger partial charge in [0.15, 0.2) is 5.78 Å². The second-order valence-corrected chi connectivity index (χ2v) is 4.15. The fourth-order valence-electron chi connectivity index (χ4n) is 1.52. The van der Waals surface area contributed by atoms with E-state index in [0.29, 0.717) is 11.3 Å². The zero-order chi connectivity index (χ0) is 13.1. The zero-order valence-corrected chi connectivity index (χ0v) is 10.4. The summed E-state index contributed by atoms with van der Waals surface area (Å²) in [5.74, 6) is -0.426. The number of esters is 1. The second-order valence-electron chi connectivity index (χ2n) is 4.15. The van der Waals surface area contributed by atoms with Gasteiger partial charge in [-0.05, 0) is 26.0 Å². The number of ether oxygens (including phenoxy) is 2. The minimum atomic E-state index is -1.22. The van der Waals surface area contributed by atoms with Crippen LogP contribution in [-0.2, 0) is 9.53 Å². The van der Waals surface area contributed by atoms with Crippen molar-refractivity contribution in [2.24, 2.45) is 5.41 Å². The summed E-state index contributed by atoms with van der Waals surface area (Å²) in [5, 5.41) is 0. The highest BCUT2D eigenvalue weighted by Crippen LogP contribution is 2.28. The largest absolute Gasteiger partial charge is 0.496 e. The Morgan fingerprint density at radius 1 is 1.12 bits per heavy atom. The Labute approximate surface area is 101 Å². The minimum Gasteiger partial charge on any atom is -0.496 e. The lowest BCUT2D eigenvalue weighted by Crippen LogP contribution is -2.34. The average molecular weight is 236 g/mol. The van der Waals surface area contributed by atoms with Crippen molar-refractivity contribution in [3.05, 3.63) is 29.8 Å². The molecule has 0 spiro atoms. The molecular formula is C13H16O4. The van der Waals surface area contributed by atoms with E-state index in [1.165, 1.54) is 28.1 Å². The molecule has 1 aromatic carbocycles. The molecule has 0 saturated carbocycles. The fraction of sp³-hybridized carbons (Fsp3) is 0.385. The summed E-state index contributed by atoms with van der Waals surface area (Å²) in [5.41, 5.74) is -0.839. The average Bonchev–Trinajstić information content (AvgIpc) is 2.36. The van der Waals surface area contributed by atoms with E-state index in [1.54, 1.807) is 24.3 Å². The van der Waals surface area contributed by atoms with E-state index in [2.05, 4.69) is 4.74 Å². The number of Topliss-reactive ketones (excluding diaryl/α,β-unsaturated/α-hetero) is 1. The van der Waals surface area contributed by atoms with Crippen molar-refractivity contribution in [3.63, 3.8) is 0 Å². The predicted molar refractivity (Wildman–Crippen MR) is 63.1 cm³/mol. The number of carbonyl (C=O) groups excluding carboxylic acids is 2. The summed E-state index contributed by atoms with van der Waals surface area (Å²) in [6, 6.07) is 6.80. The predicted octanol–water partition coefficient (Wildman–Crippen LogP) is 2.08. The van der Waals surface area contributed by atoms with E-state index in [0.717, 1.165) is 0 Å². The van der Waals surface area contributed by atoms with Gasteiger partial charge in [-0.15, -0.1) is 0 Å². The molecule has 17 heavy (non-hydrogen) atoms. The normalized spacial score (nSPS) is 10.8. The maximum atomic E-state index is 12.3. The number of methoxy groups -OCH3 is 2. The number of hydrogen-bond acceptors (Lipinski definition) is 4. The molecule has 0 N–H and O–H groups in total. The van der Waals surface area contributed by atoms with E-state index in [4.69, 9.17) is 4.74 Å². The minimum absolute atomic E-state index is 0.318. The molecule has 0 aromatic heterocycles. The van der Waals surface area contributed by atoms with E-state index in [1.807, 2.05) is 0 Å². The van der Waals surface area contributed by atoms with Crippen LogP contribution in [0.4, 0.5) is 0 Å². The van der Waals surface area contributed by atoms with E-state index in [-0.39, 0.29) is 5.78 Å². The molecule has 0 aliphatic heterocycles. The third-order valence-corrected chi connectivity index (χ3v) is 2.61. The van der Waals surface area contributed by atoms with Gasteiger partial charge < -0.3 is 9.47 Å².